The summed E-state index contributed by atoms with van der Waals surface area (Å²) in [5.41, 5.74) is 1.94. The van der Waals surface area contributed by atoms with Gasteiger partial charge < -0.3 is 10.4 Å². The van der Waals surface area contributed by atoms with Crippen molar-refractivity contribution in [2.45, 2.75) is 32.6 Å². The first-order valence-electron chi connectivity index (χ1n) is 7.21. The third-order valence-electron chi connectivity index (χ3n) is 4.29. The van der Waals surface area contributed by atoms with E-state index in [4.69, 9.17) is 0 Å². The second-order valence-corrected chi connectivity index (χ2v) is 5.62. The third kappa shape index (κ3) is 3.48. The highest BCUT2D eigenvalue weighted by Crippen LogP contribution is 2.30. The molecule has 5 nitrogen and oxygen atoms in total. The van der Waals surface area contributed by atoms with E-state index in [-0.39, 0.29) is 17.2 Å². The Morgan fingerprint density at radius 2 is 2.05 bits per heavy atom. The number of anilines is 1. The number of rotatable bonds is 5. The summed E-state index contributed by atoms with van der Waals surface area (Å²) in [7, 11) is 0. The Kier molecular flexibility index (Phi) is 4.95. The number of aliphatic hydroxyl groups is 1. The van der Waals surface area contributed by atoms with Gasteiger partial charge in [-0.1, -0.05) is 18.9 Å². The highest BCUT2D eigenvalue weighted by Gasteiger charge is 2.24. The molecule has 0 heterocycles. The van der Waals surface area contributed by atoms with Crippen LogP contribution in [0.3, 0.4) is 0 Å². The molecule has 0 amide bonds. The average molecular weight is 278 g/mol. The molecule has 5 heteroatoms. The first kappa shape index (κ1) is 14.8. The lowest BCUT2D eigenvalue weighted by Gasteiger charge is -2.30. The fourth-order valence-electron chi connectivity index (χ4n) is 2.95. The summed E-state index contributed by atoms with van der Waals surface area (Å²) in [6, 6.07) is 4.88. The smallest absolute Gasteiger partial charge is 0.271 e. The van der Waals surface area contributed by atoms with E-state index >= 15 is 0 Å². The highest BCUT2D eigenvalue weighted by atomic mass is 16.6. The Morgan fingerprint density at radius 3 is 2.70 bits per heavy atom. The van der Waals surface area contributed by atoms with Gasteiger partial charge in [-0.05, 0) is 37.2 Å². The standard InChI is InChI=1S/C15H22N2O3/c1-11-6-7-14(17(19)20)8-15(11)16-9-12-4-2-3-5-13(12)10-18/h6-8,12-13,16,18H,2-5,9-10H2,1H3. The van der Waals surface area contributed by atoms with E-state index in [2.05, 4.69) is 5.32 Å². The molecular weight excluding hydrogens is 256 g/mol. The number of non-ortho nitro benzene ring substituents is 1. The molecule has 0 aromatic heterocycles. The zero-order valence-electron chi connectivity index (χ0n) is 11.8. The van der Waals surface area contributed by atoms with Gasteiger partial charge in [0.05, 0.1) is 4.92 Å². The van der Waals surface area contributed by atoms with Gasteiger partial charge in [-0.15, -0.1) is 0 Å². The fraction of sp³-hybridized carbons (Fsp3) is 0.600. The fourth-order valence-corrected chi connectivity index (χ4v) is 2.95. The summed E-state index contributed by atoms with van der Waals surface area (Å²) in [5.74, 6) is 0.808. The summed E-state index contributed by atoms with van der Waals surface area (Å²) in [5, 5.41) is 23.6. The van der Waals surface area contributed by atoms with Gasteiger partial charge in [0.25, 0.3) is 5.69 Å². The predicted molar refractivity (Wildman–Crippen MR) is 78.9 cm³/mol. The molecule has 0 bridgehead atoms. The van der Waals surface area contributed by atoms with Gasteiger partial charge in [0, 0.05) is 31.0 Å². The maximum Gasteiger partial charge on any atom is 0.271 e. The topological polar surface area (TPSA) is 75.4 Å². The number of benzene rings is 1. The van der Waals surface area contributed by atoms with Gasteiger partial charge in [-0.2, -0.15) is 0 Å². The average Bonchev–Trinajstić information content (AvgIpc) is 2.46. The number of nitro groups is 1. The van der Waals surface area contributed by atoms with Gasteiger partial charge in [0.15, 0.2) is 0 Å². The minimum Gasteiger partial charge on any atom is -0.396 e. The van der Waals surface area contributed by atoms with Crippen LogP contribution in [0.15, 0.2) is 18.2 Å². The summed E-state index contributed by atoms with van der Waals surface area (Å²) >= 11 is 0. The molecule has 110 valence electrons. The van der Waals surface area contributed by atoms with Crippen molar-refractivity contribution in [3.63, 3.8) is 0 Å². The van der Waals surface area contributed by atoms with Gasteiger partial charge >= 0.3 is 0 Å². The first-order valence-corrected chi connectivity index (χ1v) is 7.21. The van der Waals surface area contributed by atoms with Crippen LogP contribution in [0.4, 0.5) is 11.4 Å². The van der Waals surface area contributed by atoms with E-state index in [1.165, 1.54) is 18.9 Å². The van der Waals surface area contributed by atoms with Crippen molar-refractivity contribution in [1.82, 2.24) is 0 Å². The molecule has 1 aromatic carbocycles. The molecule has 1 fully saturated rings. The molecule has 1 saturated carbocycles. The zero-order valence-corrected chi connectivity index (χ0v) is 11.8. The van der Waals surface area contributed by atoms with Crippen LogP contribution in [-0.4, -0.2) is 23.2 Å². The van der Waals surface area contributed by atoms with Crippen molar-refractivity contribution >= 4 is 11.4 Å². The first-order chi connectivity index (χ1) is 9.61. The van der Waals surface area contributed by atoms with Gasteiger partial charge in [-0.3, -0.25) is 10.1 Å². The largest absolute Gasteiger partial charge is 0.396 e. The third-order valence-corrected chi connectivity index (χ3v) is 4.29. The van der Waals surface area contributed by atoms with Crippen molar-refractivity contribution in [3.8, 4) is 0 Å². The number of nitro benzene ring substituents is 1. The number of aryl methyl sites for hydroxylation is 1. The Labute approximate surface area is 119 Å². The second kappa shape index (κ2) is 6.70. The van der Waals surface area contributed by atoms with Crippen molar-refractivity contribution in [2.75, 3.05) is 18.5 Å². The number of nitrogens with one attached hydrogen (secondary N) is 1. The lowest BCUT2D eigenvalue weighted by molar-refractivity contribution is -0.384. The van der Waals surface area contributed by atoms with Crippen LogP contribution < -0.4 is 5.32 Å². The van der Waals surface area contributed by atoms with Gasteiger partial charge in [-0.25, -0.2) is 0 Å². The molecule has 2 N–H and O–H groups in total. The van der Waals surface area contributed by atoms with E-state index in [0.29, 0.717) is 11.8 Å². The van der Waals surface area contributed by atoms with Crippen LogP contribution in [0.2, 0.25) is 0 Å². The van der Waals surface area contributed by atoms with Crippen LogP contribution in [0.1, 0.15) is 31.2 Å². The molecule has 2 unspecified atom stereocenters. The lowest BCUT2D eigenvalue weighted by Crippen LogP contribution is -2.28. The molecule has 1 aromatic rings. The van der Waals surface area contributed by atoms with Crippen LogP contribution >= 0.6 is 0 Å². The van der Waals surface area contributed by atoms with E-state index < -0.39 is 0 Å². The van der Waals surface area contributed by atoms with Crippen LogP contribution in [0, 0.1) is 28.9 Å². The quantitative estimate of drug-likeness (QED) is 0.641. The molecule has 20 heavy (non-hydrogen) atoms. The maximum atomic E-state index is 10.8. The molecule has 0 aliphatic heterocycles. The number of nitrogens with zero attached hydrogens (tertiary/aromatic N) is 1. The van der Waals surface area contributed by atoms with Crippen LogP contribution in [0.25, 0.3) is 0 Å². The molecule has 0 spiro atoms. The molecule has 1 aliphatic carbocycles. The number of hydrogen-bond acceptors (Lipinski definition) is 4. The van der Waals surface area contributed by atoms with Gasteiger partial charge in [0.1, 0.15) is 0 Å². The molecule has 2 rings (SSSR count). The molecule has 0 saturated heterocycles. The Hall–Kier alpha value is -1.62. The minimum atomic E-state index is -0.373. The predicted octanol–water partition coefficient (Wildman–Crippen LogP) is 3.11. The minimum absolute atomic E-state index is 0.112. The van der Waals surface area contributed by atoms with E-state index in [0.717, 1.165) is 30.6 Å². The van der Waals surface area contributed by atoms with Crippen molar-refractivity contribution < 1.29 is 10.0 Å². The van der Waals surface area contributed by atoms with Crippen LogP contribution in [-0.2, 0) is 0 Å². The van der Waals surface area contributed by atoms with Gasteiger partial charge in [0.2, 0.25) is 0 Å². The Balaban J connectivity index is 2.02. The monoisotopic (exact) mass is 278 g/mol. The number of hydrogen-bond donors (Lipinski definition) is 2. The van der Waals surface area contributed by atoms with E-state index in [9.17, 15) is 15.2 Å². The molecule has 2 atom stereocenters. The summed E-state index contributed by atoms with van der Waals surface area (Å²) in [6.07, 6.45) is 4.59. The number of aliphatic hydroxyl groups excluding tert-OH is 1. The van der Waals surface area contributed by atoms with E-state index in [1.54, 1.807) is 12.1 Å². The molecule has 1 aliphatic rings. The normalized spacial score (nSPS) is 22.5. The SMILES string of the molecule is Cc1ccc([N+](=O)[O-])cc1NCC1CCCCC1CO. The summed E-state index contributed by atoms with van der Waals surface area (Å²) in [4.78, 5) is 10.4. The Morgan fingerprint density at radius 1 is 1.35 bits per heavy atom. The highest BCUT2D eigenvalue weighted by molar-refractivity contribution is 5.56. The van der Waals surface area contributed by atoms with Crippen molar-refractivity contribution in [2.24, 2.45) is 11.8 Å². The molecular formula is C15H22N2O3. The van der Waals surface area contributed by atoms with Crippen LogP contribution in [0.5, 0.6) is 0 Å². The van der Waals surface area contributed by atoms with Crippen molar-refractivity contribution in [1.29, 1.82) is 0 Å². The summed E-state index contributed by atoms with van der Waals surface area (Å²) in [6.45, 7) is 2.95. The van der Waals surface area contributed by atoms with Crippen molar-refractivity contribution in [3.05, 3.63) is 33.9 Å². The Bertz CT molecular complexity index is 476. The summed E-state index contributed by atoms with van der Waals surface area (Å²) < 4.78 is 0. The maximum absolute atomic E-state index is 10.8. The molecule has 0 radical (unpaired) electrons. The second-order valence-electron chi connectivity index (χ2n) is 5.62. The zero-order chi connectivity index (χ0) is 14.5. The van der Waals surface area contributed by atoms with E-state index in [1.807, 2.05) is 6.92 Å². The lowest BCUT2D eigenvalue weighted by atomic mass is 9.79.